The van der Waals surface area contributed by atoms with E-state index in [1.54, 1.807) is 0 Å². The van der Waals surface area contributed by atoms with E-state index >= 15 is 0 Å². The Kier molecular flexibility index (Phi) is 2.45. The fourth-order valence-corrected chi connectivity index (χ4v) is 1.32. The quantitative estimate of drug-likeness (QED) is 0.339. The van der Waals surface area contributed by atoms with E-state index in [2.05, 4.69) is 5.43 Å². The van der Waals surface area contributed by atoms with E-state index in [1.807, 2.05) is 0 Å². The minimum atomic E-state index is -0.125. The fraction of sp³-hybridized carbons (Fsp3) is 1.00. The molecule has 1 rings (SSSR count). The lowest BCUT2D eigenvalue weighted by Gasteiger charge is -2.24. The van der Waals surface area contributed by atoms with Crippen LogP contribution in [0.2, 0.25) is 0 Å². The van der Waals surface area contributed by atoms with Gasteiger partial charge in [0.05, 0.1) is 6.10 Å². The maximum Gasteiger partial charge on any atom is 0.0555 e. The zero-order valence-corrected chi connectivity index (χ0v) is 5.51. The summed E-state index contributed by atoms with van der Waals surface area (Å²) in [5, 5.41) is 9.12. The molecule has 0 saturated heterocycles. The Hall–Kier alpha value is -0.120. The van der Waals surface area contributed by atoms with Gasteiger partial charge in [0.1, 0.15) is 0 Å². The Labute approximate surface area is 55.2 Å². The first-order valence-corrected chi connectivity index (χ1v) is 3.47. The molecule has 0 radical (unpaired) electrons. The van der Waals surface area contributed by atoms with Crippen LogP contribution >= 0.6 is 0 Å². The minimum absolute atomic E-state index is 0.125. The van der Waals surface area contributed by atoms with Crippen LogP contribution in [0.5, 0.6) is 0 Å². The van der Waals surface area contributed by atoms with Crippen LogP contribution in [-0.2, 0) is 0 Å². The Morgan fingerprint density at radius 2 is 2.22 bits per heavy atom. The topological polar surface area (TPSA) is 58.3 Å². The molecular weight excluding hydrogens is 116 g/mol. The maximum absolute atomic E-state index is 9.12. The molecule has 1 aliphatic rings. The molecule has 54 valence electrons. The van der Waals surface area contributed by atoms with E-state index in [0.717, 1.165) is 25.7 Å². The Bertz CT molecular complexity index is 87.1. The van der Waals surface area contributed by atoms with Crippen molar-refractivity contribution in [1.82, 2.24) is 5.43 Å². The van der Waals surface area contributed by atoms with Crippen molar-refractivity contribution in [3.63, 3.8) is 0 Å². The number of hydrogen-bond acceptors (Lipinski definition) is 3. The number of rotatable bonds is 1. The summed E-state index contributed by atoms with van der Waals surface area (Å²) in [7, 11) is 0. The number of hydrazine groups is 1. The first-order valence-electron chi connectivity index (χ1n) is 3.47. The predicted molar refractivity (Wildman–Crippen MR) is 35.6 cm³/mol. The van der Waals surface area contributed by atoms with Crippen molar-refractivity contribution >= 4 is 0 Å². The summed E-state index contributed by atoms with van der Waals surface area (Å²) in [4.78, 5) is 0. The molecule has 0 aliphatic heterocycles. The summed E-state index contributed by atoms with van der Waals surface area (Å²) >= 11 is 0. The molecule has 0 aromatic heterocycles. The molecule has 0 amide bonds. The summed E-state index contributed by atoms with van der Waals surface area (Å²) in [6.07, 6.45) is 3.83. The average molecular weight is 130 g/mol. The Balaban J connectivity index is 2.23. The van der Waals surface area contributed by atoms with Crippen LogP contribution in [0.1, 0.15) is 25.7 Å². The van der Waals surface area contributed by atoms with Crippen LogP contribution < -0.4 is 11.3 Å². The molecular formula is C6H14N2O. The molecule has 0 bridgehead atoms. The first kappa shape index (κ1) is 6.99. The summed E-state index contributed by atoms with van der Waals surface area (Å²) in [5.74, 6) is 5.20. The van der Waals surface area contributed by atoms with E-state index in [1.165, 1.54) is 0 Å². The molecule has 0 aromatic rings. The number of nitrogens with two attached hydrogens (primary N) is 1. The average Bonchev–Trinajstić information content (AvgIpc) is 1.88. The van der Waals surface area contributed by atoms with Gasteiger partial charge in [0.25, 0.3) is 0 Å². The van der Waals surface area contributed by atoms with E-state index in [0.29, 0.717) is 6.04 Å². The van der Waals surface area contributed by atoms with Crippen molar-refractivity contribution < 1.29 is 5.11 Å². The zero-order chi connectivity index (χ0) is 6.69. The molecule has 2 unspecified atom stereocenters. The van der Waals surface area contributed by atoms with Gasteiger partial charge in [0.2, 0.25) is 0 Å². The van der Waals surface area contributed by atoms with Gasteiger partial charge in [-0.1, -0.05) is 0 Å². The van der Waals surface area contributed by atoms with Gasteiger partial charge in [-0.05, 0) is 25.7 Å². The van der Waals surface area contributed by atoms with Crippen LogP contribution in [0.25, 0.3) is 0 Å². The number of aliphatic hydroxyl groups excluding tert-OH is 1. The van der Waals surface area contributed by atoms with Crippen molar-refractivity contribution in [3.8, 4) is 0 Å². The molecule has 4 N–H and O–H groups in total. The van der Waals surface area contributed by atoms with Crippen LogP contribution in [0.3, 0.4) is 0 Å². The van der Waals surface area contributed by atoms with Gasteiger partial charge < -0.3 is 5.11 Å². The minimum Gasteiger partial charge on any atom is -0.393 e. The van der Waals surface area contributed by atoms with E-state index < -0.39 is 0 Å². The molecule has 3 heteroatoms. The zero-order valence-electron chi connectivity index (χ0n) is 5.51. The molecule has 1 aliphatic carbocycles. The van der Waals surface area contributed by atoms with Gasteiger partial charge >= 0.3 is 0 Å². The van der Waals surface area contributed by atoms with Gasteiger partial charge in [0, 0.05) is 6.04 Å². The largest absolute Gasteiger partial charge is 0.393 e. The Morgan fingerprint density at radius 3 is 2.67 bits per heavy atom. The molecule has 3 nitrogen and oxygen atoms in total. The van der Waals surface area contributed by atoms with Crippen LogP contribution in [0.4, 0.5) is 0 Å². The third kappa shape index (κ3) is 1.93. The second-order valence-corrected chi connectivity index (χ2v) is 2.68. The molecule has 0 heterocycles. The van der Waals surface area contributed by atoms with Crippen molar-refractivity contribution in [2.45, 2.75) is 37.8 Å². The molecule has 1 saturated carbocycles. The highest BCUT2D eigenvalue weighted by Gasteiger charge is 2.17. The molecule has 9 heavy (non-hydrogen) atoms. The molecule has 0 spiro atoms. The number of hydrogen-bond donors (Lipinski definition) is 3. The fourth-order valence-electron chi connectivity index (χ4n) is 1.32. The van der Waals surface area contributed by atoms with Crippen LogP contribution in [-0.4, -0.2) is 17.3 Å². The highest BCUT2D eigenvalue weighted by molar-refractivity contribution is 4.74. The highest BCUT2D eigenvalue weighted by Crippen LogP contribution is 2.17. The lowest BCUT2D eigenvalue weighted by molar-refractivity contribution is 0.112. The predicted octanol–water partition coefficient (Wildman–Crippen LogP) is -0.247. The molecule has 2 atom stereocenters. The van der Waals surface area contributed by atoms with Crippen molar-refractivity contribution in [3.05, 3.63) is 0 Å². The van der Waals surface area contributed by atoms with Crippen LogP contribution in [0, 0.1) is 0 Å². The summed E-state index contributed by atoms with van der Waals surface area (Å²) < 4.78 is 0. The summed E-state index contributed by atoms with van der Waals surface area (Å²) in [6.45, 7) is 0. The number of aliphatic hydroxyl groups is 1. The lowest BCUT2D eigenvalue weighted by atomic mass is 9.94. The third-order valence-electron chi connectivity index (χ3n) is 1.88. The van der Waals surface area contributed by atoms with Gasteiger partial charge in [0.15, 0.2) is 0 Å². The maximum atomic E-state index is 9.12. The second kappa shape index (κ2) is 3.15. The van der Waals surface area contributed by atoms with Gasteiger partial charge in [-0.2, -0.15) is 0 Å². The smallest absolute Gasteiger partial charge is 0.0555 e. The summed E-state index contributed by atoms with van der Waals surface area (Å²) in [5.41, 5.74) is 2.67. The normalized spacial score (nSPS) is 36.7. The van der Waals surface area contributed by atoms with Crippen molar-refractivity contribution in [2.24, 2.45) is 5.84 Å². The molecule has 1 fully saturated rings. The first-order chi connectivity index (χ1) is 4.33. The van der Waals surface area contributed by atoms with Crippen molar-refractivity contribution in [2.75, 3.05) is 0 Å². The van der Waals surface area contributed by atoms with Gasteiger partial charge in [-0.3, -0.25) is 11.3 Å². The standard InChI is InChI=1S/C6H14N2O/c7-8-5-2-1-3-6(9)4-5/h5-6,8-9H,1-4,7H2. The third-order valence-corrected chi connectivity index (χ3v) is 1.88. The Morgan fingerprint density at radius 1 is 1.44 bits per heavy atom. The lowest BCUT2D eigenvalue weighted by Crippen LogP contribution is -2.40. The van der Waals surface area contributed by atoms with Gasteiger partial charge in [-0.25, -0.2) is 0 Å². The second-order valence-electron chi connectivity index (χ2n) is 2.68. The van der Waals surface area contributed by atoms with E-state index in [4.69, 9.17) is 10.9 Å². The van der Waals surface area contributed by atoms with E-state index in [-0.39, 0.29) is 6.10 Å². The number of nitrogens with one attached hydrogen (secondary N) is 1. The van der Waals surface area contributed by atoms with Crippen molar-refractivity contribution in [1.29, 1.82) is 0 Å². The summed E-state index contributed by atoms with van der Waals surface area (Å²) in [6, 6.07) is 0.341. The molecule has 0 aromatic carbocycles. The highest BCUT2D eigenvalue weighted by atomic mass is 16.3. The van der Waals surface area contributed by atoms with Crippen LogP contribution in [0.15, 0.2) is 0 Å². The monoisotopic (exact) mass is 130 g/mol. The van der Waals surface area contributed by atoms with E-state index in [9.17, 15) is 0 Å². The van der Waals surface area contributed by atoms with Gasteiger partial charge in [-0.15, -0.1) is 0 Å². The SMILES string of the molecule is NNC1CCCC(O)C1.